The molecule has 0 spiro atoms. The van der Waals surface area contributed by atoms with E-state index in [9.17, 15) is 8.78 Å². The molecule has 5 nitrogen and oxygen atoms in total. The van der Waals surface area contributed by atoms with Gasteiger partial charge in [-0.1, -0.05) is 0 Å². The molecular formula is C18H16F2N4OS. The molecule has 3 aromatic rings. The monoisotopic (exact) mass is 374 g/mol. The summed E-state index contributed by atoms with van der Waals surface area (Å²) in [6.45, 7) is -0.989. The SMILES string of the molecule is C/C(=N/Nc1ncnc2sc3c(c12)CCC3)c1ccc(OC(F)F)cc1. The lowest BCUT2D eigenvalue weighted by atomic mass is 10.1. The Morgan fingerprint density at radius 1 is 1.23 bits per heavy atom. The second-order valence-corrected chi connectivity index (χ2v) is 7.06. The van der Waals surface area contributed by atoms with E-state index in [1.54, 1.807) is 23.5 Å². The zero-order valence-electron chi connectivity index (χ0n) is 14.0. The number of fused-ring (bicyclic) bond motifs is 3. The first kappa shape index (κ1) is 16.8. The molecule has 0 unspecified atom stereocenters. The Hall–Kier alpha value is -2.61. The van der Waals surface area contributed by atoms with Crippen molar-refractivity contribution in [3.05, 3.63) is 46.6 Å². The van der Waals surface area contributed by atoms with Crippen molar-refractivity contribution in [2.45, 2.75) is 32.8 Å². The molecule has 0 saturated heterocycles. The number of benzene rings is 1. The van der Waals surface area contributed by atoms with Crippen molar-refractivity contribution < 1.29 is 13.5 Å². The van der Waals surface area contributed by atoms with Gasteiger partial charge in [-0.15, -0.1) is 11.3 Å². The molecular weight excluding hydrogens is 358 g/mol. The van der Waals surface area contributed by atoms with Crippen molar-refractivity contribution in [1.29, 1.82) is 0 Å². The number of halogens is 2. The number of thiophene rings is 1. The van der Waals surface area contributed by atoms with Crippen molar-refractivity contribution >= 4 is 33.1 Å². The average Bonchev–Trinajstić information content (AvgIpc) is 3.20. The average molecular weight is 374 g/mol. The number of hydrogen-bond donors (Lipinski definition) is 1. The van der Waals surface area contributed by atoms with E-state index in [0.717, 1.165) is 28.6 Å². The summed E-state index contributed by atoms with van der Waals surface area (Å²) in [5.41, 5.74) is 5.89. The van der Waals surface area contributed by atoms with Crippen molar-refractivity contribution in [3.8, 4) is 5.75 Å². The molecule has 1 N–H and O–H groups in total. The topological polar surface area (TPSA) is 59.4 Å². The van der Waals surface area contributed by atoms with Gasteiger partial charge in [0, 0.05) is 4.88 Å². The summed E-state index contributed by atoms with van der Waals surface area (Å²) >= 11 is 1.72. The first-order valence-electron chi connectivity index (χ1n) is 8.22. The summed E-state index contributed by atoms with van der Waals surface area (Å²) in [5.74, 6) is 0.822. The van der Waals surface area contributed by atoms with Crippen LogP contribution in [0.5, 0.6) is 5.75 Å². The minimum Gasteiger partial charge on any atom is -0.435 e. The third kappa shape index (κ3) is 3.24. The van der Waals surface area contributed by atoms with Crippen LogP contribution >= 0.6 is 11.3 Å². The second-order valence-electron chi connectivity index (χ2n) is 5.97. The van der Waals surface area contributed by atoms with Gasteiger partial charge in [0.1, 0.15) is 16.9 Å². The Morgan fingerprint density at radius 3 is 2.81 bits per heavy atom. The van der Waals surface area contributed by atoms with E-state index in [-0.39, 0.29) is 5.75 Å². The number of hydrazone groups is 1. The van der Waals surface area contributed by atoms with Crippen LogP contribution in [0.15, 0.2) is 35.7 Å². The number of anilines is 1. The third-order valence-corrected chi connectivity index (χ3v) is 5.53. The molecule has 8 heteroatoms. The highest BCUT2D eigenvalue weighted by atomic mass is 32.1. The van der Waals surface area contributed by atoms with E-state index >= 15 is 0 Å². The minimum atomic E-state index is -2.83. The lowest BCUT2D eigenvalue weighted by molar-refractivity contribution is -0.0498. The van der Waals surface area contributed by atoms with E-state index in [1.807, 2.05) is 6.92 Å². The Balaban J connectivity index is 1.57. The lowest BCUT2D eigenvalue weighted by Gasteiger charge is -2.07. The number of alkyl halides is 2. The van der Waals surface area contributed by atoms with Gasteiger partial charge >= 0.3 is 6.61 Å². The Kier molecular flexibility index (Phi) is 4.50. The predicted molar refractivity (Wildman–Crippen MR) is 98.3 cm³/mol. The maximum absolute atomic E-state index is 12.2. The zero-order valence-corrected chi connectivity index (χ0v) is 14.8. The van der Waals surface area contributed by atoms with Crippen molar-refractivity contribution in [3.63, 3.8) is 0 Å². The summed E-state index contributed by atoms with van der Waals surface area (Å²) in [5, 5.41) is 5.46. The molecule has 26 heavy (non-hydrogen) atoms. The minimum absolute atomic E-state index is 0.121. The highest BCUT2D eigenvalue weighted by molar-refractivity contribution is 7.19. The molecule has 2 aromatic heterocycles. The molecule has 2 heterocycles. The number of rotatable bonds is 5. The van der Waals surface area contributed by atoms with Crippen LogP contribution in [0.25, 0.3) is 10.2 Å². The summed E-state index contributed by atoms with van der Waals surface area (Å²) in [4.78, 5) is 11.1. The highest BCUT2D eigenvalue weighted by Gasteiger charge is 2.21. The standard InChI is InChI=1S/C18H16F2N4OS/c1-10(11-5-7-12(8-6-11)25-18(19)20)23-24-16-15-13-3-2-4-14(13)26-17(15)22-9-21-16/h5-9,18H,2-4H2,1H3,(H,21,22,24)/b23-10-. The van der Waals surface area contributed by atoms with Crippen LogP contribution in [0.3, 0.4) is 0 Å². The van der Waals surface area contributed by atoms with Gasteiger partial charge in [-0.2, -0.15) is 13.9 Å². The van der Waals surface area contributed by atoms with Crippen molar-refractivity contribution in [2.24, 2.45) is 5.10 Å². The van der Waals surface area contributed by atoms with Crippen LogP contribution in [0, 0.1) is 0 Å². The Morgan fingerprint density at radius 2 is 2.04 bits per heavy atom. The highest BCUT2D eigenvalue weighted by Crippen LogP contribution is 2.39. The fourth-order valence-electron chi connectivity index (χ4n) is 3.09. The van der Waals surface area contributed by atoms with Crippen LogP contribution in [0.2, 0.25) is 0 Å². The largest absolute Gasteiger partial charge is 0.435 e. The van der Waals surface area contributed by atoms with Gasteiger partial charge in [0.25, 0.3) is 0 Å². The molecule has 0 amide bonds. The molecule has 0 atom stereocenters. The first-order valence-corrected chi connectivity index (χ1v) is 9.04. The second kappa shape index (κ2) is 6.95. The lowest BCUT2D eigenvalue weighted by Crippen LogP contribution is -2.04. The van der Waals surface area contributed by atoms with Crippen LogP contribution in [-0.4, -0.2) is 22.3 Å². The maximum Gasteiger partial charge on any atom is 0.387 e. The van der Waals surface area contributed by atoms with Crippen LogP contribution in [-0.2, 0) is 12.8 Å². The fraction of sp³-hybridized carbons (Fsp3) is 0.278. The number of aryl methyl sites for hydroxylation is 2. The molecule has 1 aliphatic rings. The zero-order chi connectivity index (χ0) is 18.1. The van der Waals surface area contributed by atoms with Crippen molar-refractivity contribution in [1.82, 2.24) is 9.97 Å². The van der Waals surface area contributed by atoms with Crippen molar-refractivity contribution in [2.75, 3.05) is 5.43 Å². The van der Waals surface area contributed by atoms with Crippen LogP contribution in [0.1, 0.15) is 29.3 Å². The summed E-state index contributed by atoms with van der Waals surface area (Å²) in [7, 11) is 0. The molecule has 1 aliphatic carbocycles. The molecule has 134 valence electrons. The van der Waals surface area contributed by atoms with Gasteiger partial charge in [-0.05, 0) is 61.6 Å². The van der Waals surface area contributed by atoms with Crippen LogP contribution < -0.4 is 10.2 Å². The van der Waals surface area contributed by atoms with Gasteiger partial charge in [0.05, 0.1) is 11.1 Å². The van der Waals surface area contributed by atoms with E-state index in [0.29, 0.717) is 11.5 Å². The Bertz CT molecular complexity index is 969. The Labute approximate surface area is 152 Å². The molecule has 4 rings (SSSR count). The van der Waals surface area contributed by atoms with E-state index in [2.05, 4.69) is 25.2 Å². The maximum atomic E-state index is 12.2. The van der Waals surface area contributed by atoms with Gasteiger partial charge < -0.3 is 4.74 Å². The molecule has 1 aromatic carbocycles. The predicted octanol–water partition coefficient (Wildman–Crippen LogP) is 4.62. The molecule has 0 saturated carbocycles. The third-order valence-electron chi connectivity index (χ3n) is 4.33. The number of nitrogens with one attached hydrogen (secondary N) is 1. The number of ether oxygens (including phenoxy) is 1. The van der Waals surface area contributed by atoms with Gasteiger partial charge in [0.2, 0.25) is 0 Å². The number of aromatic nitrogens is 2. The van der Waals surface area contributed by atoms with E-state index in [4.69, 9.17) is 0 Å². The van der Waals surface area contributed by atoms with E-state index in [1.165, 1.54) is 35.3 Å². The summed E-state index contributed by atoms with van der Waals surface area (Å²) in [6.07, 6.45) is 4.86. The summed E-state index contributed by atoms with van der Waals surface area (Å²) < 4.78 is 28.8. The smallest absolute Gasteiger partial charge is 0.387 e. The molecule has 0 bridgehead atoms. The molecule has 0 radical (unpaired) electrons. The van der Waals surface area contributed by atoms with Crippen LogP contribution in [0.4, 0.5) is 14.6 Å². The molecule has 0 aliphatic heterocycles. The normalized spacial score (nSPS) is 14.1. The van der Waals surface area contributed by atoms with E-state index < -0.39 is 6.61 Å². The fourth-order valence-corrected chi connectivity index (χ4v) is 4.32. The van der Waals surface area contributed by atoms with Gasteiger partial charge in [-0.3, -0.25) is 5.43 Å². The quantitative estimate of drug-likeness (QED) is 0.523. The first-order chi connectivity index (χ1) is 12.6. The van der Waals surface area contributed by atoms with Gasteiger partial charge in [-0.25, -0.2) is 9.97 Å². The molecule has 0 fully saturated rings. The summed E-state index contributed by atoms with van der Waals surface area (Å²) in [6, 6.07) is 6.37. The number of nitrogens with zero attached hydrogens (tertiary/aromatic N) is 3. The van der Waals surface area contributed by atoms with Gasteiger partial charge in [0.15, 0.2) is 5.82 Å². The number of hydrogen-bond acceptors (Lipinski definition) is 6.